The first-order valence-corrected chi connectivity index (χ1v) is 9.19. The van der Waals surface area contributed by atoms with Gasteiger partial charge in [0.05, 0.1) is 12.2 Å². The predicted octanol–water partition coefficient (Wildman–Crippen LogP) is 5.88. The molecule has 0 fully saturated rings. The third-order valence-corrected chi connectivity index (χ3v) is 3.67. The number of ether oxygens (including phenoxy) is 1. The maximum Gasteiger partial charge on any atom is 0.310 e. The van der Waals surface area contributed by atoms with E-state index in [1.165, 1.54) is 44.4 Å². The average molecular weight is 341 g/mol. The monoisotopic (exact) mass is 340 g/mol. The Labute approximate surface area is 148 Å². The third kappa shape index (κ3) is 18.5. The zero-order valence-corrected chi connectivity index (χ0v) is 15.6. The minimum atomic E-state index is -0.749. The lowest BCUT2D eigenvalue weighted by molar-refractivity contribution is -0.140. The zero-order chi connectivity index (χ0) is 18.6. The van der Waals surface area contributed by atoms with Crippen LogP contribution in [0.25, 0.3) is 0 Å². The van der Waals surface area contributed by atoms with Gasteiger partial charge < -0.3 is 9.84 Å². The molecule has 0 bridgehead atoms. The molecule has 0 aliphatic heterocycles. The van der Waals surface area contributed by atoms with Crippen LogP contribution in [-0.4, -0.2) is 17.0 Å². The Bertz CT molecular complexity index is 335. The number of unbranched alkanes of at least 4 members (excludes halogenated alkanes) is 7. The van der Waals surface area contributed by atoms with Crippen molar-refractivity contribution in [2.45, 2.75) is 84.5 Å². The van der Waals surface area contributed by atoms with Crippen molar-refractivity contribution in [3.05, 3.63) is 25.5 Å². The second-order valence-corrected chi connectivity index (χ2v) is 5.85. The highest BCUT2D eigenvalue weighted by atomic mass is 16.5. The summed E-state index contributed by atoms with van der Waals surface area (Å²) in [5.41, 5.74) is 0. The highest BCUT2D eigenvalue weighted by molar-refractivity contribution is 5.71. The topological polar surface area (TPSA) is 63.6 Å². The van der Waals surface area contributed by atoms with Crippen molar-refractivity contribution in [1.29, 1.82) is 0 Å². The van der Waals surface area contributed by atoms with Gasteiger partial charge in [-0.1, -0.05) is 77.9 Å². The van der Waals surface area contributed by atoms with Gasteiger partial charge in [-0.05, 0) is 12.8 Å². The first-order chi connectivity index (χ1) is 11.5. The van der Waals surface area contributed by atoms with Gasteiger partial charge in [0.25, 0.3) is 0 Å². The Hall–Kier alpha value is -1.58. The molecule has 140 valence electrons. The molecule has 1 N–H and O–H groups in total. The zero-order valence-electron chi connectivity index (χ0n) is 15.6. The summed E-state index contributed by atoms with van der Waals surface area (Å²) in [7, 11) is 0. The van der Waals surface area contributed by atoms with Crippen LogP contribution in [0.15, 0.2) is 25.5 Å². The van der Waals surface area contributed by atoms with E-state index >= 15 is 0 Å². The summed E-state index contributed by atoms with van der Waals surface area (Å²) in [5, 5.41) is 8.66. The number of hydrogen-bond acceptors (Lipinski definition) is 3. The molecule has 24 heavy (non-hydrogen) atoms. The Kier molecular flexibility index (Phi) is 20.0. The van der Waals surface area contributed by atoms with Crippen LogP contribution < -0.4 is 0 Å². The van der Waals surface area contributed by atoms with E-state index in [9.17, 15) is 9.59 Å². The summed E-state index contributed by atoms with van der Waals surface area (Å²) < 4.78 is 4.57. The maximum absolute atomic E-state index is 10.8. The molecule has 0 aliphatic carbocycles. The molecule has 0 saturated carbocycles. The molecule has 1 unspecified atom stereocenters. The largest absolute Gasteiger partial charge is 0.481 e. The predicted molar refractivity (Wildman–Crippen MR) is 99.7 cm³/mol. The average Bonchev–Trinajstić information content (AvgIpc) is 2.55. The molecule has 0 amide bonds. The standard InChI is InChI=1S/2C10H18O2/c1-3-5-6-7-8-9-10(11)12-4-2;1-3-5-6-7-8-9(4-2)10(11)12/h4H,2-3,5-9H2,1H3;4,9H,2-3,5-8H2,1H3,(H,11,12). The van der Waals surface area contributed by atoms with Crippen LogP contribution in [0.1, 0.15) is 84.5 Å². The molecule has 1 atom stereocenters. The van der Waals surface area contributed by atoms with Gasteiger partial charge in [0.1, 0.15) is 0 Å². The molecule has 4 heteroatoms. The van der Waals surface area contributed by atoms with E-state index in [2.05, 4.69) is 31.7 Å². The summed E-state index contributed by atoms with van der Waals surface area (Å²) in [4.78, 5) is 21.3. The molecule has 0 spiro atoms. The SMILES string of the molecule is C=CC(CCCCCC)C(=O)O.C=COC(=O)CCCCCCC. The number of carboxylic acids is 1. The fourth-order valence-electron chi connectivity index (χ4n) is 2.16. The Morgan fingerprint density at radius 1 is 0.958 bits per heavy atom. The summed E-state index contributed by atoms with van der Waals surface area (Å²) in [6.07, 6.45) is 14.3. The number of carbonyl (C=O) groups is 2. The lowest BCUT2D eigenvalue weighted by Crippen LogP contribution is -2.10. The number of hydrogen-bond donors (Lipinski definition) is 1. The van der Waals surface area contributed by atoms with Gasteiger partial charge in [-0.3, -0.25) is 9.59 Å². The summed E-state index contributed by atoms with van der Waals surface area (Å²) in [6, 6.07) is 0. The van der Waals surface area contributed by atoms with E-state index in [0.29, 0.717) is 6.42 Å². The van der Waals surface area contributed by atoms with E-state index in [4.69, 9.17) is 5.11 Å². The first kappa shape index (κ1) is 24.7. The van der Waals surface area contributed by atoms with Crippen LogP contribution >= 0.6 is 0 Å². The Morgan fingerprint density at radius 3 is 1.96 bits per heavy atom. The van der Waals surface area contributed by atoms with E-state index in [1.807, 2.05) is 0 Å². The van der Waals surface area contributed by atoms with Gasteiger partial charge in [-0.25, -0.2) is 0 Å². The first-order valence-electron chi connectivity index (χ1n) is 9.19. The Balaban J connectivity index is 0. The van der Waals surface area contributed by atoms with Gasteiger partial charge in [-0.15, -0.1) is 6.58 Å². The van der Waals surface area contributed by atoms with Gasteiger partial charge in [0.2, 0.25) is 0 Å². The number of carbonyl (C=O) groups excluding carboxylic acids is 1. The Morgan fingerprint density at radius 2 is 1.50 bits per heavy atom. The van der Waals surface area contributed by atoms with Gasteiger partial charge in [-0.2, -0.15) is 0 Å². The molecular weight excluding hydrogens is 304 g/mol. The molecule has 0 aliphatic rings. The van der Waals surface area contributed by atoms with Crippen LogP contribution in [0.4, 0.5) is 0 Å². The summed E-state index contributed by atoms with van der Waals surface area (Å²) in [6.45, 7) is 11.1. The molecule has 0 radical (unpaired) electrons. The van der Waals surface area contributed by atoms with Crippen molar-refractivity contribution in [1.82, 2.24) is 0 Å². The van der Waals surface area contributed by atoms with Crippen LogP contribution in [0.2, 0.25) is 0 Å². The molecule has 0 heterocycles. The second kappa shape index (κ2) is 19.5. The van der Waals surface area contributed by atoms with E-state index in [1.54, 1.807) is 0 Å². The second-order valence-electron chi connectivity index (χ2n) is 5.85. The molecule has 0 rings (SSSR count). The smallest absolute Gasteiger partial charge is 0.310 e. The van der Waals surface area contributed by atoms with Gasteiger partial charge >= 0.3 is 11.9 Å². The number of carboxylic acid groups (broad SMARTS) is 1. The normalized spacial score (nSPS) is 10.9. The molecule has 0 aromatic rings. The summed E-state index contributed by atoms with van der Waals surface area (Å²) in [5.74, 6) is -1.26. The quantitative estimate of drug-likeness (QED) is 0.186. The van der Waals surface area contributed by atoms with Crippen molar-refractivity contribution in [2.75, 3.05) is 0 Å². The molecule has 0 saturated heterocycles. The highest BCUT2D eigenvalue weighted by Gasteiger charge is 2.11. The fourth-order valence-corrected chi connectivity index (χ4v) is 2.16. The van der Waals surface area contributed by atoms with Crippen molar-refractivity contribution >= 4 is 11.9 Å². The van der Waals surface area contributed by atoms with Crippen LogP contribution in [0, 0.1) is 5.92 Å². The van der Waals surface area contributed by atoms with Crippen LogP contribution in [0.3, 0.4) is 0 Å². The minimum absolute atomic E-state index is 0.165. The number of rotatable bonds is 14. The molecule has 0 aromatic heterocycles. The van der Waals surface area contributed by atoms with Crippen molar-refractivity contribution in [3.63, 3.8) is 0 Å². The number of aliphatic carboxylic acids is 1. The van der Waals surface area contributed by atoms with Gasteiger partial charge in [0, 0.05) is 6.42 Å². The van der Waals surface area contributed by atoms with E-state index in [0.717, 1.165) is 32.1 Å². The fraction of sp³-hybridized carbons (Fsp3) is 0.700. The van der Waals surface area contributed by atoms with Crippen molar-refractivity contribution in [2.24, 2.45) is 5.92 Å². The third-order valence-electron chi connectivity index (χ3n) is 3.67. The van der Waals surface area contributed by atoms with E-state index in [-0.39, 0.29) is 11.9 Å². The van der Waals surface area contributed by atoms with Crippen LogP contribution in [0.5, 0.6) is 0 Å². The maximum atomic E-state index is 10.8. The highest BCUT2D eigenvalue weighted by Crippen LogP contribution is 2.11. The van der Waals surface area contributed by atoms with Crippen molar-refractivity contribution < 1.29 is 19.4 Å². The van der Waals surface area contributed by atoms with E-state index < -0.39 is 5.97 Å². The van der Waals surface area contributed by atoms with Gasteiger partial charge in [0.15, 0.2) is 0 Å². The molecule has 0 aromatic carbocycles. The molecular formula is C20H36O4. The lowest BCUT2D eigenvalue weighted by Gasteiger charge is -2.05. The van der Waals surface area contributed by atoms with Crippen LogP contribution in [-0.2, 0) is 14.3 Å². The lowest BCUT2D eigenvalue weighted by atomic mass is 10.0. The number of esters is 1. The minimum Gasteiger partial charge on any atom is -0.481 e. The molecule has 4 nitrogen and oxygen atoms in total. The summed E-state index contributed by atoms with van der Waals surface area (Å²) >= 11 is 0. The van der Waals surface area contributed by atoms with Crippen molar-refractivity contribution in [3.8, 4) is 0 Å².